The standard InChI is InChI=1S/C12H13BrN2OS/c1-8(12-14-5-6-17-12)15-10-7-9(13)3-4-11(10)16-2/h3-8,15H,1-2H3. The zero-order valence-corrected chi connectivity index (χ0v) is 12.0. The molecule has 1 heterocycles. The van der Waals surface area contributed by atoms with E-state index in [1.807, 2.05) is 29.8 Å². The molecule has 0 amide bonds. The number of hydrogen-bond acceptors (Lipinski definition) is 4. The molecule has 0 bridgehead atoms. The Labute approximate surface area is 113 Å². The zero-order chi connectivity index (χ0) is 12.3. The van der Waals surface area contributed by atoms with Gasteiger partial charge in [0.2, 0.25) is 0 Å². The minimum Gasteiger partial charge on any atom is -0.495 e. The molecular weight excluding hydrogens is 300 g/mol. The normalized spacial score (nSPS) is 12.2. The number of rotatable bonds is 4. The number of thiazole rings is 1. The van der Waals surface area contributed by atoms with Crippen LogP contribution in [-0.2, 0) is 0 Å². The lowest BCUT2D eigenvalue weighted by molar-refractivity contribution is 0.416. The largest absolute Gasteiger partial charge is 0.495 e. The highest BCUT2D eigenvalue weighted by molar-refractivity contribution is 9.10. The minimum atomic E-state index is 0.165. The first-order chi connectivity index (χ1) is 8.20. The summed E-state index contributed by atoms with van der Waals surface area (Å²) in [6.45, 7) is 2.08. The van der Waals surface area contributed by atoms with E-state index in [9.17, 15) is 0 Å². The minimum absolute atomic E-state index is 0.165. The van der Waals surface area contributed by atoms with Crippen molar-refractivity contribution in [1.29, 1.82) is 0 Å². The van der Waals surface area contributed by atoms with E-state index in [4.69, 9.17) is 4.74 Å². The van der Waals surface area contributed by atoms with Crippen molar-refractivity contribution >= 4 is 33.0 Å². The topological polar surface area (TPSA) is 34.1 Å². The Bertz CT molecular complexity index is 487. The van der Waals surface area contributed by atoms with Crippen molar-refractivity contribution in [3.63, 3.8) is 0 Å². The van der Waals surface area contributed by atoms with Gasteiger partial charge in [-0.3, -0.25) is 0 Å². The van der Waals surface area contributed by atoms with E-state index >= 15 is 0 Å². The number of nitrogens with one attached hydrogen (secondary N) is 1. The Hall–Kier alpha value is -1.07. The Morgan fingerprint density at radius 3 is 2.94 bits per heavy atom. The van der Waals surface area contributed by atoms with E-state index in [-0.39, 0.29) is 6.04 Å². The molecule has 17 heavy (non-hydrogen) atoms. The van der Waals surface area contributed by atoms with Crippen LogP contribution in [0.3, 0.4) is 0 Å². The zero-order valence-electron chi connectivity index (χ0n) is 9.61. The molecule has 1 unspecified atom stereocenters. The van der Waals surface area contributed by atoms with Crippen LogP contribution in [0.25, 0.3) is 0 Å². The van der Waals surface area contributed by atoms with Crippen LogP contribution in [0.2, 0.25) is 0 Å². The van der Waals surface area contributed by atoms with Crippen molar-refractivity contribution in [1.82, 2.24) is 4.98 Å². The third-order valence-corrected chi connectivity index (χ3v) is 3.81. The number of aromatic nitrogens is 1. The van der Waals surface area contributed by atoms with Gasteiger partial charge in [-0.25, -0.2) is 4.98 Å². The molecule has 1 aromatic carbocycles. The summed E-state index contributed by atoms with van der Waals surface area (Å²) in [5.41, 5.74) is 0.963. The highest BCUT2D eigenvalue weighted by atomic mass is 79.9. The number of hydrogen-bond donors (Lipinski definition) is 1. The van der Waals surface area contributed by atoms with Gasteiger partial charge in [-0.05, 0) is 25.1 Å². The van der Waals surface area contributed by atoms with Crippen LogP contribution in [0.4, 0.5) is 5.69 Å². The summed E-state index contributed by atoms with van der Waals surface area (Å²) in [5.74, 6) is 0.830. The molecular formula is C12H13BrN2OS. The fourth-order valence-electron chi connectivity index (χ4n) is 1.54. The number of halogens is 1. The van der Waals surface area contributed by atoms with Crippen molar-refractivity contribution in [2.75, 3.05) is 12.4 Å². The van der Waals surface area contributed by atoms with Gasteiger partial charge in [-0.1, -0.05) is 15.9 Å². The van der Waals surface area contributed by atoms with E-state index in [1.165, 1.54) is 0 Å². The van der Waals surface area contributed by atoms with Gasteiger partial charge < -0.3 is 10.1 Å². The molecule has 1 atom stereocenters. The van der Waals surface area contributed by atoms with Gasteiger partial charge in [0.25, 0.3) is 0 Å². The molecule has 0 saturated carbocycles. The summed E-state index contributed by atoms with van der Waals surface area (Å²) >= 11 is 5.10. The lowest BCUT2D eigenvalue weighted by Crippen LogP contribution is -2.07. The first-order valence-electron chi connectivity index (χ1n) is 5.20. The molecule has 0 radical (unpaired) electrons. The van der Waals surface area contributed by atoms with Gasteiger partial charge in [0.1, 0.15) is 10.8 Å². The number of ether oxygens (including phenoxy) is 1. The van der Waals surface area contributed by atoms with Crippen molar-refractivity contribution in [3.8, 4) is 5.75 Å². The third-order valence-electron chi connectivity index (χ3n) is 2.36. The molecule has 0 fully saturated rings. The second-order valence-corrected chi connectivity index (χ2v) is 5.42. The average Bonchev–Trinajstić information content (AvgIpc) is 2.83. The molecule has 1 aromatic heterocycles. The fraction of sp³-hybridized carbons (Fsp3) is 0.250. The second-order valence-electron chi connectivity index (χ2n) is 3.58. The molecule has 1 N–H and O–H groups in total. The number of methoxy groups -OCH3 is 1. The van der Waals surface area contributed by atoms with Crippen molar-refractivity contribution in [3.05, 3.63) is 39.3 Å². The van der Waals surface area contributed by atoms with Gasteiger partial charge in [0.05, 0.1) is 18.8 Å². The SMILES string of the molecule is COc1ccc(Br)cc1NC(C)c1nccs1. The van der Waals surface area contributed by atoms with Crippen molar-refractivity contribution in [2.45, 2.75) is 13.0 Å². The average molecular weight is 313 g/mol. The van der Waals surface area contributed by atoms with Gasteiger partial charge in [-0.2, -0.15) is 0 Å². The third kappa shape index (κ3) is 2.98. The maximum atomic E-state index is 5.32. The summed E-state index contributed by atoms with van der Waals surface area (Å²) in [6, 6.07) is 6.06. The van der Waals surface area contributed by atoms with Crippen LogP contribution in [-0.4, -0.2) is 12.1 Å². The van der Waals surface area contributed by atoms with Gasteiger partial charge in [0, 0.05) is 16.0 Å². The molecule has 0 aliphatic heterocycles. The molecule has 0 aliphatic rings. The van der Waals surface area contributed by atoms with Gasteiger partial charge in [-0.15, -0.1) is 11.3 Å². The van der Waals surface area contributed by atoms with Crippen LogP contribution in [0, 0.1) is 0 Å². The number of benzene rings is 1. The highest BCUT2D eigenvalue weighted by Gasteiger charge is 2.11. The van der Waals surface area contributed by atoms with E-state index < -0.39 is 0 Å². The molecule has 90 valence electrons. The summed E-state index contributed by atoms with van der Waals surface area (Å²) in [6.07, 6.45) is 1.82. The molecule has 2 aromatic rings. The number of anilines is 1. The van der Waals surface area contributed by atoms with E-state index in [0.717, 1.165) is 20.9 Å². The van der Waals surface area contributed by atoms with Crippen LogP contribution in [0.15, 0.2) is 34.2 Å². The summed E-state index contributed by atoms with van der Waals surface area (Å²) in [7, 11) is 1.67. The smallest absolute Gasteiger partial charge is 0.142 e. The Balaban J connectivity index is 2.20. The molecule has 0 spiro atoms. The predicted octanol–water partition coefficient (Wildman–Crippen LogP) is 4.09. The first-order valence-corrected chi connectivity index (χ1v) is 6.87. The summed E-state index contributed by atoms with van der Waals surface area (Å²) < 4.78 is 6.34. The Kier molecular flexibility index (Phi) is 4.02. The van der Waals surface area contributed by atoms with Crippen LogP contribution in [0.1, 0.15) is 18.0 Å². The van der Waals surface area contributed by atoms with E-state index in [0.29, 0.717) is 0 Å². The van der Waals surface area contributed by atoms with Crippen LogP contribution < -0.4 is 10.1 Å². The lowest BCUT2D eigenvalue weighted by Gasteiger charge is -2.16. The van der Waals surface area contributed by atoms with Crippen molar-refractivity contribution in [2.24, 2.45) is 0 Å². The second kappa shape index (κ2) is 5.51. The maximum absolute atomic E-state index is 5.32. The quantitative estimate of drug-likeness (QED) is 0.923. The summed E-state index contributed by atoms with van der Waals surface area (Å²) in [5, 5.41) is 6.44. The van der Waals surface area contributed by atoms with Crippen molar-refractivity contribution < 1.29 is 4.74 Å². The van der Waals surface area contributed by atoms with E-state index in [2.05, 4.69) is 33.2 Å². The Morgan fingerprint density at radius 1 is 1.47 bits per heavy atom. The van der Waals surface area contributed by atoms with Gasteiger partial charge in [0.15, 0.2) is 0 Å². The first kappa shape index (κ1) is 12.4. The predicted molar refractivity (Wildman–Crippen MR) is 74.8 cm³/mol. The molecule has 3 nitrogen and oxygen atoms in total. The lowest BCUT2D eigenvalue weighted by atomic mass is 10.2. The number of nitrogens with zero attached hydrogens (tertiary/aromatic N) is 1. The highest BCUT2D eigenvalue weighted by Crippen LogP contribution is 2.31. The molecule has 2 rings (SSSR count). The molecule has 0 aliphatic carbocycles. The summed E-state index contributed by atoms with van der Waals surface area (Å²) in [4.78, 5) is 4.29. The monoisotopic (exact) mass is 312 g/mol. The van der Waals surface area contributed by atoms with Crippen LogP contribution >= 0.6 is 27.3 Å². The molecule has 0 saturated heterocycles. The molecule has 5 heteroatoms. The maximum Gasteiger partial charge on any atom is 0.142 e. The van der Waals surface area contributed by atoms with Crippen LogP contribution in [0.5, 0.6) is 5.75 Å². The fourth-order valence-corrected chi connectivity index (χ4v) is 2.54. The Morgan fingerprint density at radius 2 is 2.29 bits per heavy atom. The van der Waals surface area contributed by atoms with E-state index in [1.54, 1.807) is 18.4 Å². The van der Waals surface area contributed by atoms with Gasteiger partial charge >= 0.3 is 0 Å².